The van der Waals surface area contributed by atoms with Crippen LogP contribution in [0.15, 0.2) is 0 Å². The molecule has 0 saturated heterocycles. The monoisotopic (exact) mass is 155 g/mol. The van der Waals surface area contributed by atoms with Gasteiger partial charge in [-0.3, -0.25) is 0 Å². The lowest BCUT2D eigenvalue weighted by atomic mass is 10.2. The van der Waals surface area contributed by atoms with Crippen LogP contribution in [-0.4, -0.2) is 9.98 Å². The van der Waals surface area contributed by atoms with Crippen LogP contribution in [0.1, 0.15) is 26.7 Å². The molecule has 0 aromatic heterocycles. The molecule has 1 unspecified atom stereocenters. The van der Waals surface area contributed by atoms with Gasteiger partial charge in [0.2, 0.25) is 0 Å². The first kappa shape index (κ1) is 8.54. The van der Waals surface area contributed by atoms with Crippen molar-refractivity contribution in [1.29, 1.82) is 0 Å². The number of hydrogen-bond acceptors (Lipinski definition) is 1. The molecular weight excluding hydrogens is 145 g/mol. The van der Waals surface area contributed by atoms with E-state index in [9.17, 15) is 0 Å². The van der Waals surface area contributed by atoms with Crippen molar-refractivity contribution >= 4 is 23.6 Å². The van der Waals surface area contributed by atoms with Crippen molar-refractivity contribution in [2.45, 2.75) is 32.7 Å². The Kier molecular flexibility index (Phi) is 4.72. The zero-order valence-electron chi connectivity index (χ0n) is 5.19. The van der Waals surface area contributed by atoms with Crippen molar-refractivity contribution < 1.29 is 0 Å². The van der Waals surface area contributed by atoms with Gasteiger partial charge in [0.15, 0.2) is 0 Å². The third-order valence-corrected chi connectivity index (χ3v) is 1.71. The quantitative estimate of drug-likeness (QED) is 0.568. The maximum absolute atomic E-state index is 5.41. The Hall–Kier alpha value is 0.540. The van der Waals surface area contributed by atoms with E-state index in [4.69, 9.17) is 23.6 Å². The SMILES string of the molecule is CCCC(C)N(Cl)Cl. The third-order valence-electron chi connectivity index (χ3n) is 1.04. The highest BCUT2D eigenvalue weighted by atomic mass is 35.5. The fraction of sp³-hybridized carbons (Fsp3) is 1.00. The van der Waals surface area contributed by atoms with E-state index in [0.29, 0.717) is 0 Å². The van der Waals surface area contributed by atoms with E-state index in [0.717, 1.165) is 12.8 Å². The first-order chi connectivity index (χ1) is 3.68. The van der Waals surface area contributed by atoms with Crippen LogP contribution in [0.3, 0.4) is 0 Å². The lowest BCUT2D eigenvalue weighted by molar-refractivity contribution is 0.485. The van der Waals surface area contributed by atoms with Crippen LogP contribution >= 0.6 is 23.6 Å². The highest BCUT2D eigenvalue weighted by Gasteiger charge is 2.04. The van der Waals surface area contributed by atoms with Crippen molar-refractivity contribution in [2.75, 3.05) is 0 Å². The topological polar surface area (TPSA) is 3.24 Å². The van der Waals surface area contributed by atoms with E-state index in [1.807, 2.05) is 6.92 Å². The molecule has 0 heterocycles. The maximum atomic E-state index is 5.41. The summed E-state index contributed by atoms with van der Waals surface area (Å²) in [6.07, 6.45) is 2.17. The predicted molar refractivity (Wildman–Crippen MR) is 37.9 cm³/mol. The van der Waals surface area contributed by atoms with Crippen LogP contribution in [-0.2, 0) is 0 Å². The number of rotatable bonds is 3. The first-order valence-corrected chi connectivity index (χ1v) is 3.47. The fourth-order valence-corrected chi connectivity index (χ4v) is 0.711. The van der Waals surface area contributed by atoms with Gasteiger partial charge in [-0.15, -0.1) is 3.94 Å². The summed E-state index contributed by atoms with van der Waals surface area (Å²) in [7, 11) is 0. The molecule has 0 aromatic rings. The summed E-state index contributed by atoms with van der Waals surface area (Å²) in [5.74, 6) is 0. The van der Waals surface area contributed by atoms with E-state index in [2.05, 4.69) is 6.92 Å². The number of nitrogens with zero attached hydrogens (tertiary/aromatic N) is 1. The van der Waals surface area contributed by atoms with E-state index >= 15 is 0 Å². The minimum absolute atomic E-state index is 0.281. The Bertz CT molecular complexity index is 56.4. The summed E-state index contributed by atoms with van der Waals surface area (Å²) in [6.45, 7) is 4.09. The summed E-state index contributed by atoms with van der Waals surface area (Å²) in [6, 6.07) is 0.281. The second-order valence-electron chi connectivity index (χ2n) is 1.90. The Morgan fingerprint density at radius 3 is 2.12 bits per heavy atom. The van der Waals surface area contributed by atoms with Crippen molar-refractivity contribution in [2.24, 2.45) is 0 Å². The third kappa shape index (κ3) is 3.53. The minimum atomic E-state index is 0.281. The van der Waals surface area contributed by atoms with Crippen LogP contribution in [0.25, 0.3) is 0 Å². The number of halogens is 2. The van der Waals surface area contributed by atoms with Crippen LogP contribution in [0, 0.1) is 0 Å². The van der Waals surface area contributed by atoms with E-state index < -0.39 is 0 Å². The summed E-state index contributed by atoms with van der Waals surface area (Å²) in [5.41, 5.74) is 0. The van der Waals surface area contributed by atoms with E-state index in [1.165, 1.54) is 3.94 Å². The number of hydrogen-bond donors (Lipinski definition) is 0. The molecule has 0 radical (unpaired) electrons. The fourth-order valence-electron chi connectivity index (χ4n) is 0.515. The maximum Gasteiger partial charge on any atom is 0.0387 e. The molecule has 0 aromatic carbocycles. The molecule has 0 bridgehead atoms. The Balaban J connectivity index is 3.17. The lowest BCUT2D eigenvalue weighted by Gasteiger charge is -2.11. The van der Waals surface area contributed by atoms with Crippen molar-refractivity contribution in [3.05, 3.63) is 0 Å². The van der Waals surface area contributed by atoms with Crippen LogP contribution in [0.5, 0.6) is 0 Å². The molecular formula is C5H11Cl2N. The molecule has 3 heteroatoms. The Morgan fingerprint density at radius 2 is 2.00 bits per heavy atom. The normalized spacial score (nSPS) is 14.6. The molecule has 1 nitrogen and oxygen atoms in total. The summed E-state index contributed by atoms with van der Waals surface area (Å²) in [5, 5.41) is 0. The van der Waals surface area contributed by atoms with Crippen molar-refractivity contribution in [1.82, 2.24) is 3.94 Å². The van der Waals surface area contributed by atoms with Crippen LogP contribution in [0.4, 0.5) is 0 Å². The molecule has 0 saturated carbocycles. The molecule has 0 fully saturated rings. The average Bonchev–Trinajstić information content (AvgIpc) is 1.67. The van der Waals surface area contributed by atoms with Gasteiger partial charge in [-0.2, -0.15) is 0 Å². The van der Waals surface area contributed by atoms with Gasteiger partial charge in [-0.25, -0.2) is 0 Å². The molecule has 0 amide bonds. The molecule has 0 rings (SSSR count). The molecule has 0 N–H and O–H groups in total. The van der Waals surface area contributed by atoms with E-state index in [1.54, 1.807) is 0 Å². The van der Waals surface area contributed by atoms with Crippen molar-refractivity contribution in [3.63, 3.8) is 0 Å². The standard InChI is InChI=1S/C5H11Cl2N/c1-3-4-5(2)8(6)7/h5H,3-4H2,1-2H3. The van der Waals surface area contributed by atoms with Crippen LogP contribution < -0.4 is 0 Å². The smallest absolute Gasteiger partial charge is 0.0387 e. The highest BCUT2D eigenvalue weighted by Crippen LogP contribution is 2.10. The van der Waals surface area contributed by atoms with Crippen LogP contribution in [0.2, 0.25) is 0 Å². The first-order valence-electron chi connectivity index (χ1n) is 2.79. The largest absolute Gasteiger partial charge is 0.129 e. The van der Waals surface area contributed by atoms with Gasteiger partial charge in [0.25, 0.3) is 0 Å². The van der Waals surface area contributed by atoms with Gasteiger partial charge in [-0.05, 0) is 36.9 Å². The molecule has 1 atom stereocenters. The lowest BCUT2D eigenvalue weighted by Crippen LogP contribution is -2.13. The van der Waals surface area contributed by atoms with Gasteiger partial charge in [0.1, 0.15) is 0 Å². The molecule has 0 aliphatic heterocycles. The Morgan fingerprint density at radius 1 is 1.50 bits per heavy atom. The van der Waals surface area contributed by atoms with Gasteiger partial charge in [0.05, 0.1) is 0 Å². The van der Waals surface area contributed by atoms with E-state index in [-0.39, 0.29) is 6.04 Å². The highest BCUT2D eigenvalue weighted by molar-refractivity contribution is 6.33. The summed E-state index contributed by atoms with van der Waals surface area (Å²) < 4.78 is 1.20. The van der Waals surface area contributed by atoms with Gasteiger partial charge >= 0.3 is 0 Å². The van der Waals surface area contributed by atoms with Gasteiger partial charge in [-0.1, -0.05) is 13.3 Å². The predicted octanol–water partition coefficient (Wildman–Crippen LogP) is 2.78. The van der Waals surface area contributed by atoms with Crippen molar-refractivity contribution in [3.8, 4) is 0 Å². The van der Waals surface area contributed by atoms with Gasteiger partial charge < -0.3 is 0 Å². The minimum Gasteiger partial charge on any atom is -0.129 e. The van der Waals surface area contributed by atoms with Gasteiger partial charge in [0, 0.05) is 6.04 Å². The molecule has 0 spiro atoms. The average molecular weight is 156 g/mol. The summed E-state index contributed by atoms with van der Waals surface area (Å²) in [4.78, 5) is 0. The molecule has 8 heavy (non-hydrogen) atoms. The molecule has 0 aliphatic carbocycles. The second kappa shape index (κ2) is 4.42. The Labute approximate surface area is 60.8 Å². The summed E-state index contributed by atoms with van der Waals surface area (Å²) >= 11 is 10.8. The zero-order valence-corrected chi connectivity index (χ0v) is 6.71. The zero-order chi connectivity index (χ0) is 6.57. The second-order valence-corrected chi connectivity index (χ2v) is 2.80. The molecule has 0 aliphatic rings. The molecule has 50 valence electrons.